The summed E-state index contributed by atoms with van der Waals surface area (Å²) < 4.78 is 19.2. The lowest BCUT2D eigenvalue weighted by atomic mass is 10.1. The molecule has 0 spiro atoms. The molecule has 1 aliphatic heterocycles. The van der Waals surface area contributed by atoms with Crippen LogP contribution in [0.15, 0.2) is 18.2 Å². The molecule has 1 aliphatic rings. The van der Waals surface area contributed by atoms with Crippen molar-refractivity contribution in [1.82, 2.24) is 10.2 Å². The van der Waals surface area contributed by atoms with Crippen LogP contribution in [0.5, 0.6) is 0 Å². The zero-order valence-corrected chi connectivity index (χ0v) is 13.2. The highest BCUT2D eigenvalue weighted by Crippen LogP contribution is 2.20. The Kier molecular flexibility index (Phi) is 6.61. The lowest BCUT2D eigenvalue weighted by Gasteiger charge is -2.17. The van der Waals surface area contributed by atoms with Crippen LogP contribution in [0.2, 0.25) is 0 Å². The summed E-state index contributed by atoms with van der Waals surface area (Å²) in [5.74, 6) is 0.497. The molecule has 0 aromatic heterocycles. The standard InChI is InChI=1S/C17H27FN2O/c1-3-7-19-10-14-4-5-17(18)16(9-14)12-20-8-6-15(11-20)13-21-2/h4-5,9,15,19H,3,6-8,10-13H2,1-2H3. The highest BCUT2D eigenvalue weighted by Gasteiger charge is 2.23. The van der Waals surface area contributed by atoms with Crippen molar-refractivity contribution in [2.24, 2.45) is 5.92 Å². The van der Waals surface area contributed by atoms with E-state index in [1.807, 2.05) is 12.1 Å². The maximum Gasteiger partial charge on any atom is 0.127 e. The number of likely N-dealkylation sites (tertiary alicyclic amines) is 1. The van der Waals surface area contributed by atoms with E-state index in [0.717, 1.165) is 56.8 Å². The molecule has 1 atom stereocenters. The first-order chi connectivity index (χ1) is 10.2. The van der Waals surface area contributed by atoms with Crippen LogP contribution in [0.3, 0.4) is 0 Å². The summed E-state index contributed by atoms with van der Waals surface area (Å²) >= 11 is 0. The van der Waals surface area contributed by atoms with E-state index in [9.17, 15) is 4.39 Å². The Balaban J connectivity index is 1.91. The first-order valence-corrected chi connectivity index (χ1v) is 7.92. The first-order valence-electron chi connectivity index (χ1n) is 7.92. The molecule has 2 rings (SSSR count). The van der Waals surface area contributed by atoms with E-state index < -0.39 is 0 Å². The van der Waals surface area contributed by atoms with Crippen molar-refractivity contribution < 1.29 is 9.13 Å². The molecule has 0 amide bonds. The summed E-state index contributed by atoms with van der Waals surface area (Å²) in [6, 6.07) is 5.47. The zero-order chi connectivity index (χ0) is 15.1. The summed E-state index contributed by atoms with van der Waals surface area (Å²) in [5.41, 5.74) is 1.97. The van der Waals surface area contributed by atoms with Crippen LogP contribution in [0.25, 0.3) is 0 Å². The monoisotopic (exact) mass is 294 g/mol. The topological polar surface area (TPSA) is 24.5 Å². The van der Waals surface area contributed by atoms with Crippen LogP contribution in [-0.4, -0.2) is 38.3 Å². The number of nitrogens with zero attached hydrogens (tertiary/aromatic N) is 1. The van der Waals surface area contributed by atoms with Crippen molar-refractivity contribution in [1.29, 1.82) is 0 Å². The smallest absolute Gasteiger partial charge is 0.127 e. The van der Waals surface area contributed by atoms with Crippen LogP contribution >= 0.6 is 0 Å². The first kappa shape index (κ1) is 16.4. The molecule has 4 heteroatoms. The SMILES string of the molecule is CCCNCc1ccc(F)c(CN2CCC(COC)C2)c1. The van der Waals surface area contributed by atoms with Crippen LogP contribution < -0.4 is 5.32 Å². The molecule has 0 bridgehead atoms. The predicted octanol–water partition coefficient (Wildman–Crippen LogP) is 2.79. The van der Waals surface area contributed by atoms with Gasteiger partial charge in [-0.2, -0.15) is 0 Å². The second-order valence-electron chi connectivity index (χ2n) is 5.95. The van der Waals surface area contributed by atoms with Gasteiger partial charge in [0.15, 0.2) is 0 Å². The van der Waals surface area contributed by atoms with Crippen molar-refractivity contribution >= 4 is 0 Å². The van der Waals surface area contributed by atoms with E-state index >= 15 is 0 Å². The van der Waals surface area contributed by atoms with E-state index in [2.05, 4.69) is 17.1 Å². The fraction of sp³-hybridized carbons (Fsp3) is 0.647. The van der Waals surface area contributed by atoms with E-state index in [1.165, 1.54) is 0 Å². The summed E-state index contributed by atoms with van der Waals surface area (Å²) in [5, 5.41) is 3.36. The van der Waals surface area contributed by atoms with Gasteiger partial charge in [-0.1, -0.05) is 19.1 Å². The highest BCUT2D eigenvalue weighted by atomic mass is 19.1. The lowest BCUT2D eigenvalue weighted by Crippen LogP contribution is -2.22. The molecule has 1 fully saturated rings. The Morgan fingerprint density at radius 2 is 2.29 bits per heavy atom. The van der Waals surface area contributed by atoms with Gasteiger partial charge in [0.1, 0.15) is 5.82 Å². The van der Waals surface area contributed by atoms with E-state index in [4.69, 9.17) is 4.74 Å². The largest absolute Gasteiger partial charge is 0.384 e. The number of ether oxygens (including phenoxy) is 1. The number of hydrogen-bond acceptors (Lipinski definition) is 3. The summed E-state index contributed by atoms with van der Waals surface area (Å²) in [6.07, 6.45) is 2.26. The van der Waals surface area contributed by atoms with Gasteiger partial charge in [0.2, 0.25) is 0 Å². The van der Waals surface area contributed by atoms with Gasteiger partial charge in [0.25, 0.3) is 0 Å². The van der Waals surface area contributed by atoms with Gasteiger partial charge in [0, 0.05) is 32.3 Å². The fourth-order valence-electron chi connectivity index (χ4n) is 2.94. The number of rotatable bonds is 8. The van der Waals surface area contributed by atoms with Crippen LogP contribution in [-0.2, 0) is 17.8 Å². The Labute approximate surface area is 127 Å². The van der Waals surface area contributed by atoms with Crippen molar-refractivity contribution in [3.8, 4) is 0 Å². The second-order valence-corrected chi connectivity index (χ2v) is 5.95. The maximum atomic E-state index is 14.0. The molecule has 0 aliphatic carbocycles. The molecule has 21 heavy (non-hydrogen) atoms. The number of benzene rings is 1. The van der Waals surface area contributed by atoms with Gasteiger partial charge in [-0.3, -0.25) is 4.90 Å². The summed E-state index contributed by atoms with van der Waals surface area (Å²) in [7, 11) is 1.75. The molecule has 0 radical (unpaired) electrons. The Bertz CT molecular complexity index is 439. The number of hydrogen-bond donors (Lipinski definition) is 1. The van der Waals surface area contributed by atoms with Crippen molar-refractivity contribution in [2.75, 3.05) is 33.4 Å². The zero-order valence-electron chi connectivity index (χ0n) is 13.2. The minimum absolute atomic E-state index is 0.0931. The minimum Gasteiger partial charge on any atom is -0.384 e. The fourth-order valence-corrected chi connectivity index (χ4v) is 2.94. The summed E-state index contributed by atoms with van der Waals surface area (Å²) in [4.78, 5) is 2.32. The molecule has 1 saturated heterocycles. The molecule has 118 valence electrons. The Hall–Kier alpha value is -0.970. The Morgan fingerprint density at radius 3 is 3.05 bits per heavy atom. The second kappa shape index (κ2) is 8.47. The molecule has 3 nitrogen and oxygen atoms in total. The van der Waals surface area contributed by atoms with E-state index in [-0.39, 0.29) is 5.82 Å². The molecule has 0 saturated carbocycles. The maximum absolute atomic E-state index is 14.0. The number of halogens is 1. The van der Waals surface area contributed by atoms with Gasteiger partial charge >= 0.3 is 0 Å². The molecule has 1 aromatic rings. The van der Waals surface area contributed by atoms with Gasteiger partial charge in [0.05, 0.1) is 6.61 Å². The average molecular weight is 294 g/mol. The van der Waals surface area contributed by atoms with E-state index in [1.54, 1.807) is 13.2 Å². The predicted molar refractivity (Wildman–Crippen MR) is 83.7 cm³/mol. The highest BCUT2D eigenvalue weighted by molar-refractivity contribution is 5.25. The normalized spacial score (nSPS) is 19.3. The molecule has 1 N–H and O–H groups in total. The third-order valence-corrected chi connectivity index (χ3v) is 4.03. The van der Waals surface area contributed by atoms with Crippen LogP contribution in [0, 0.1) is 11.7 Å². The number of methoxy groups -OCH3 is 1. The Morgan fingerprint density at radius 1 is 1.43 bits per heavy atom. The molecular weight excluding hydrogens is 267 g/mol. The van der Waals surface area contributed by atoms with Crippen LogP contribution in [0.4, 0.5) is 4.39 Å². The molecule has 1 aromatic carbocycles. The average Bonchev–Trinajstić information content (AvgIpc) is 2.90. The summed E-state index contributed by atoms with van der Waals surface area (Å²) in [6.45, 7) is 7.50. The van der Waals surface area contributed by atoms with Gasteiger partial charge in [-0.25, -0.2) is 4.39 Å². The lowest BCUT2D eigenvalue weighted by molar-refractivity contribution is 0.152. The van der Waals surface area contributed by atoms with Gasteiger partial charge in [-0.15, -0.1) is 0 Å². The third-order valence-electron chi connectivity index (χ3n) is 4.03. The van der Waals surface area contributed by atoms with Gasteiger partial charge < -0.3 is 10.1 Å². The van der Waals surface area contributed by atoms with E-state index in [0.29, 0.717) is 12.5 Å². The minimum atomic E-state index is -0.0931. The van der Waals surface area contributed by atoms with Gasteiger partial charge in [-0.05, 0) is 43.5 Å². The van der Waals surface area contributed by atoms with Crippen molar-refractivity contribution in [3.63, 3.8) is 0 Å². The quantitative estimate of drug-likeness (QED) is 0.746. The third kappa shape index (κ3) is 5.06. The van der Waals surface area contributed by atoms with Crippen molar-refractivity contribution in [2.45, 2.75) is 32.9 Å². The van der Waals surface area contributed by atoms with Crippen molar-refractivity contribution in [3.05, 3.63) is 35.1 Å². The number of nitrogens with one attached hydrogen (secondary N) is 1. The molecular formula is C17H27FN2O. The molecule has 1 heterocycles. The molecule has 1 unspecified atom stereocenters. The van der Waals surface area contributed by atoms with Crippen LogP contribution in [0.1, 0.15) is 30.9 Å².